The number of likely N-dealkylation sites (tertiary alicyclic amines) is 1. The topological polar surface area (TPSA) is 83.6 Å². The van der Waals surface area contributed by atoms with Gasteiger partial charge in [-0.15, -0.1) is 0 Å². The molecule has 0 unspecified atom stereocenters. The summed E-state index contributed by atoms with van der Waals surface area (Å²) in [5.74, 6) is 0.0287. The minimum absolute atomic E-state index is 0.0209. The zero-order chi connectivity index (χ0) is 15.9. The Morgan fingerprint density at radius 2 is 1.95 bits per heavy atom. The fraction of sp³-hybridized carbons (Fsp3) is 0.529. The number of hydrogen-bond donors (Lipinski definition) is 2. The van der Waals surface area contributed by atoms with Gasteiger partial charge in [0, 0.05) is 25.4 Å². The summed E-state index contributed by atoms with van der Waals surface area (Å²) >= 11 is 0. The monoisotopic (exact) mass is 304 g/mol. The maximum Gasteiger partial charge on any atom is 0.222 e. The largest absolute Gasteiger partial charge is 0.508 e. The number of carbonyl (C=O) groups excluding carboxylic acids is 2. The predicted octanol–water partition coefficient (Wildman–Crippen LogP) is 1.97. The summed E-state index contributed by atoms with van der Waals surface area (Å²) < 4.78 is 0. The Morgan fingerprint density at radius 1 is 1.23 bits per heavy atom. The molecule has 3 N–H and O–H groups in total. The van der Waals surface area contributed by atoms with Gasteiger partial charge in [-0.25, -0.2) is 0 Å². The van der Waals surface area contributed by atoms with E-state index >= 15 is 0 Å². The van der Waals surface area contributed by atoms with Crippen molar-refractivity contribution in [2.24, 2.45) is 5.73 Å². The number of piperidine rings is 1. The molecule has 120 valence electrons. The minimum atomic E-state index is -0.339. The first kappa shape index (κ1) is 16.3. The lowest BCUT2D eigenvalue weighted by atomic mass is 9.98. The van der Waals surface area contributed by atoms with Crippen LogP contribution in [0.15, 0.2) is 24.3 Å². The Bertz CT molecular complexity index is 513. The number of aryl methyl sites for hydroxylation is 1. The van der Waals surface area contributed by atoms with E-state index in [-0.39, 0.29) is 30.0 Å². The van der Waals surface area contributed by atoms with E-state index in [0.717, 1.165) is 44.2 Å². The normalized spacial score (nSPS) is 18.2. The van der Waals surface area contributed by atoms with Crippen LogP contribution in [0.1, 0.15) is 44.1 Å². The molecule has 1 aliphatic rings. The van der Waals surface area contributed by atoms with Crippen molar-refractivity contribution in [1.82, 2.24) is 4.90 Å². The van der Waals surface area contributed by atoms with Crippen molar-refractivity contribution in [1.29, 1.82) is 0 Å². The van der Waals surface area contributed by atoms with Gasteiger partial charge in [-0.1, -0.05) is 12.1 Å². The number of amides is 2. The summed E-state index contributed by atoms with van der Waals surface area (Å²) in [4.78, 5) is 25.3. The number of rotatable bonds is 6. The van der Waals surface area contributed by atoms with Crippen LogP contribution >= 0.6 is 0 Å². The summed E-state index contributed by atoms with van der Waals surface area (Å²) in [6.45, 7) is 0.732. The van der Waals surface area contributed by atoms with Crippen LogP contribution in [0.5, 0.6) is 5.75 Å². The second-order valence-corrected chi connectivity index (χ2v) is 5.93. The fourth-order valence-corrected chi connectivity index (χ4v) is 3.02. The summed E-state index contributed by atoms with van der Waals surface area (Å²) in [5, 5.41) is 9.24. The van der Waals surface area contributed by atoms with Gasteiger partial charge in [-0.3, -0.25) is 9.59 Å². The molecule has 0 radical (unpaired) electrons. The van der Waals surface area contributed by atoms with Crippen LogP contribution in [-0.2, 0) is 16.0 Å². The van der Waals surface area contributed by atoms with Crippen molar-refractivity contribution >= 4 is 11.8 Å². The molecule has 2 amide bonds. The lowest BCUT2D eigenvalue weighted by molar-refractivity contribution is -0.136. The Hall–Kier alpha value is -2.04. The first-order valence-electron chi connectivity index (χ1n) is 7.92. The molecule has 0 aliphatic carbocycles. The highest BCUT2D eigenvalue weighted by atomic mass is 16.3. The molecule has 5 heteroatoms. The molecule has 1 aromatic carbocycles. The van der Waals surface area contributed by atoms with Gasteiger partial charge in [0.05, 0.1) is 0 Å². The smallest absolute Gasteiger partial charge is 0.222 e. The van der Waals surface area contributed by atoms with Gasteiger partial charge in [-0.05, 0) is 49.8 Å². The average molecular weight is 304 g/mol. The quantitative estimate of drug-likeness (QED) is 0.842. The molecular weight excluding hydrogens is 280 g/mol. The predicted molar refractivity (Wildman–Crippen MR) is 84.2 cm³/mol. The first-order valence-corrected chi connectivity index (χ1v) is 7.92. The zero-order valence-electron chi connectivity index (χ0n) is 12.8. The molecule has 1 aliphatic heterocycles. The number of phenols is 1. The van der Waals surface area contributed by atoms with Gasteiger partial charge in [-0.2, -0.15) is 0 Å². The molecule has 0 saturated carbocycles. The van der Waals surface area contributed by atoms with E-state index in [1.54, 1.807) is 12.1 Å². The number of nitrogens with two attached hydrogens (primary N) is 1. The summed E-state index contributed by atoms with van der Waals surface area (Å²) in [6.07, 6.45) is 5.24. The lowest BCUT2D eigenvalue weighted by Gasteiger charge is -2.35. The number of nitrogens with zero attached hydrogens (tertiary/aromatic N) is 1. The van der Waals surface area contributed by atoms with Crippen molar-refractivity contribution < 1.29 is 14.7 Å². The van der Waals surface area contributed by atoms with Gasteiger partial charge in [0.2, 0.25) is 11.8 Å². The van der Waals surface area contributed by atoms with Gasteiger partial charge in [0.25, 0.3) is 0 Å². The Labute approximate surface area is 131 Å². The number of carbonyl (C=O) groups is 2. The number of phenolic OH excluding ortho intramolecular Hbond substituents is 1. The number of hydrogen-bond acceptors (Lipinski definition) is 3. The van der Waals surface area contributed by atoms with E-state index in [9.17, 15) is 14.7 Å². The maximum absolute atomic E-state index is 12.4. The Balaban J connectivity index is 1.82. The molecule has 0 aromatic heterocycles. The summed E-state index contributed by atoms with van der Waals surface area (Å²) in [6, 6.07) is 7.04. The third-order valence-corrected chi connectivity index (χ3v) is 4.18. The number of aromatic hydroxyl groups is 1. The average Bonchev–Trinajstić information content (AvgIpc) is 2.49. The number of benzene rings is 1. The van der Waals surface area contributed by atoms with Gasteiger partial charge < -0.3 is 15.7 Å². The van der Waals surface area contributed by atoms with Gasteiger partial charge in [0.15, 0.2) is 0 Å². The third kappa shape index (κ3) is 4.76. The van der Waals surface area contributed by atoms with Crippen molar-refractivity contribution in [3.8, 4) is 5.75 Å². The van der Waals surface area contributed by atoms with Crippen LogP contribution in [0.4, 0.5) is 0 Å². The van der Waals surface area contributed by atoms with E-state index in [4.69, 9.17) is 5.73 Å². The van der Waals surface area contributed by atoms with Crippen LogP contribution in [-0.4, -0.2) is 34.4 Å². The zero-order valence-corrected chi connectivity index (χ0v) is 12.8. The summed E-state index contributed by atoms with van der Waals surface area (Å²) in [5.41, 5.74) is 6.39. The molecule has 1 fully saturated rings. The van der Waals surface area contributed by atoms with Crippen LogP contribution in [0, 0.1) is 0 Å². The van der Waals surface area contributed by atoms with Crippen molar-refractivity contribution in [3.05, 3.63) is 29.8 Å². The Kier molecular flexibility index (Phi) is 5.81. The minimum Gasteiger partial charge on any atom is -0.508 e. The van der Waals surface area contributed by atoms with E-state index in [2.05, 4.69) is 0 Å². The van der Waals surface area contributed by atoms with E-state index < -0.39 is 0 Å². The highest BCUT2D eigenvalue weighted by molar-refractivity contribution is 5.79. The van der Waals surface area contributed by atoms with Gasteiger partial charge in [0.1, 0.15) is 5.75 Å². The van der Waals surface area contributed by atoms with E-state index in [0.29, 0.717) is 6.42 Å². The van der Waals surface area contributed by atoms with E-state index in [1.165, 1.54) is 0 Å². The maximum atomic E-state index is 12.4. The SMILES string of the molecule is NC(=O)C[C@@H]1CCCCN1C(=O)CCCc1ccc(O)cc1. The molecule has 1 atom stereocenters. The van der Waals surface area contributed by atoms with E-state index in [1.807, 2.05) is 17.0 Å². The first-order chi connectivity index (χ1) is 10.6. The standard InChI is InChI=1S/C17H24N2O3/c18-16(21)12-14-5-1-2-11-19(14)17(22)6-3-4-13-7-9-15(20)10-8-13/h7-10,14,20H,1-6,11-12H2,(H2,18,21)/t14-/m0/s1. The second kappa shape index (κ2) is 7.82. The van der Waals surface area contributed by atoms with Crippen molar-refractivity contribution in [3.63, 3.8) is 0 Å². The highest BCUT2D eigenvalue weighted by Gasteiger charge is 2.27. The highest BCUT2D eigenvalue weighted by Crippen LogP contribution is 2.21. The van der Waals surface area contributed by atoms with Crippen molar-refractivity contribution in [2.45, 2.75) is 51.0 Å². The van der Waals surface area contributed by atoms with Crippen LogP contribution < -0.4 is 5.73 Å². The second-order valence-electron chi connectivity index (χ2n) is 5.93. The molecule has 1 saturated heterocycles. The molecule has 5 nitrogen and oxygen atoms in total. The molecule has 0 bridgehead atoms. The molecule has 1 heterocycles. The molecule has 22 heavy (non-hydrogen) atoms. The fourth-order valence-electron chi connectivity index (χ4n) is 3.02. The lowest BCUT2D eigenvalue weighted by Crippen LogP contribution is -2.45. The Morgan fingerprint density at radius 3 is 2.64 bits per heavy atom. The number of primary amides is 1. The third-order valence-electron chi connectivity index (χ3n) is 4.18. The van der Waals surface area contributed by atoms with Crippen LogP contribution in [0.25, 0.3) is 0 Å². The summed E-state index contributed by atoms with van der Waals surface area (Å²) in [7, 11) is 0. The van der Waals surface area contributed by atoms with Gasteiger partial charge >= 0.3 is 0 Å². The van der Waals surface area contributed by atoms with Crippen LogP contribution in [0.3, 0.4) is 0 Å². The molecule has 1 aromatic rings. The molecular formula is C17H24N2O3. The molecule has 2 rings (SSSR count). The molecule has 0 spiro atoms. The van der Waals surface area contributed by atoms with Crippen molar-refractivity contribution in [2.75, 3.05) is 6.54 Å². The van der Waals surface area contributed by atoms with Crippen LogP contribution in [0.2, 0.25) is 0 Å².